The molecule has 0 aromatic rings. The number of ether oxygens (including phenoxy) is 2. The number of carbonyl (C=O) groups is 1. The second kappa shape index (κ2) is 6.83. The van der Waals surface area contributed by atoms with Crippen molar-refractivity contribution in [3.8, 4) is 0 Å². The molecule has 2 atom stereocenters. The van der Waals surface area contributed by atoms with E-state index in [1.54, 1.807) is 19.1 Å². The van der Waals surface area contributed by atoms with E-state index >= 15 is 0 Å². The molecule has 1 amide bonds. The summed E-state index contributed by atoms with van der Waals surface area (Å²) in [6.45, 7) is 2.19. The van der Waals surface area contributed by atoms with E-state index in [4.69, 9.17) is 9.47 Å². The fourth-order valence-corrected chi connectivity index (χ4v) is 1.89. The highest BCUT2D eigenvalue weighted by Gasteiger charge is 2.30. The second-order valence-corrected chi connectivity index (χ2v) is 4.16. The Bertz CT molecular complexity index is 223. The van der Waals surface area contributed by atoms with E-state index in [0.29, 0.717) is 6.61 Å². The molecule has 1 rings (SSSR count). The van der Waals surface area contributed by atoms with E-state index < -0.39 is 0 Å². The normalized spacial score (nSPS) is 24.7. The summed E-state index contributed by atoms with van der Waals surface area (Å²) in [5.74, 6) is 0.149. The van der Waals surface area contributed by atoms with Crippen LogP contribution in [0.5, 0.6) is 0 Å². The lowest BCUT2D eigenvalue weighted by Crippen LogP contribution is -2.42. The molecule has 2 unspecified atom stereocenters. The molecule has 0 saturated carbocycles. The number of hydrogen-bond donors (Lipinski definition) is 1. The van der Waals surface area contributed by atoms with Crippen molar-refractivity contribution in [1.29, 1.82) is 0 Å². The van der Waals surface area contributed by atoms with Gasteiger partial charge in [0.25, 0.3) is 0 Å². The lowest BCUT2D eigenvalue weighted by atomic mass is 10.2. The van der Waals surface area contributed by atoms with Gasteiger partial charge in [0.1, 0.15) is 0 Å². The van der Waals surface area contributed by atoms with Crippen molar-refractivity contribution in [2.75, 3.05) is 41.0 Å². The summed E-state index contributed by atoms with van der Waals surface area (Å²) < 4.78 is 10.2. The summed E-state index contributed by atoms with van der Waals surface area (Å²) >= 11 is 0. The van der Waals surface area contributed by atoms with Crippen LogP contribution in [0, 0.1) is 0 Å². The summed E-state index contributed by atoms with van der Waals surface area (Å²) in [6, 6.07) is -0.0857. The molecular weight excluding hydrogens is 208 g/mol. The first-order chi connectivity index (χ1) is 7.69. The van der Waals surface area contributed by atoms with Crippen LogP contribution in [0.3, 0.4) is 0 Å². The monoisotopic (exact) mass is 230 g/mol. The Morgan fingerprint density at radius 3 is 2.81 bits per heavy atom. The fraction of sp³-hybridized carbons (Fsp3) is 0.909. The van der Waals surface area contributed by atoms with Crippen molar-refractivity contribution >= 4 is 5.91 Å². The van der Waals surface area contributed by atoms with Crippen LogP contribution in [-0.4, -0.2) is 63.9 Å². The maximum absolute atomic E-state index is 12.0. The molecule has 1 fully saturated rings. The number of carbonyl (C=O) groups excluding carboxylic acids is 1. The van der Waals surface area contributed by atoms with E-state index in [2.05, 4.69) is 5.32 Å². The number of methoxy groups -OCH3 is 2. The Kier molecular flexibility index (Phi) is 5.73. The third-order valence-electron chi connectivity index (χ3n) is 2.94. The van der Waals surface area contributed by atoms with E-state index in [0.717, 1.165) is 25.9 Å². The van der Waals surface area contributed by atoms with E-state index in [1.165, 1.54) is 0 Å². The summed E-state index contributed by atoms with van der Waals surface area (Å²) in [7, 11) is 5.19. The Morgan fingerprint density at radius 2 is 2.25 bits per heavy atom. The maximum Gasteiger partial charge on any atom is 0.239 e. The predicted octanol–water partition coefficient (Wildman–Crippen LogP) is -0.142. The molecule has 0 aromatic carbocycles. The van der Waals surface area contributed by atoms with Crippen LogP contribution in [0.15, 0.2) is 0 Å². The van der Waals surface area contributed by atoms with Crippen molar-refractivity contribution in [2.45, 2.75) is 25.0 Å². The Labute approximate surface area is 97.1 Å². The number of hydrogen-bond acceptors (Lipinski definition) is 4. The average molecular weight is 230 g/mol. The third kappa shape index (κ3) is 3.73. The minimum Gasteiger partial charge on any atom is -0.385 e. The standard InChI is InChI=1S/C11H22N2O3/c1-13(5-4-6-15-2)11(14)10-7-9(16-3)8-12-10/h9-10,12H,4-8H2,1-3H3. The van der Waals surface area contributed by atoms with Crippen molar-refractivity contribution in [3.05, 3.63) is 0 Å². The summed E-state index contributed by atoms with van der Waals surface area (Å²) in [6.07, 6.45) is 1.81. The number of nitrogens with one attached hydrogen (secondary N) is 1. The van der Waals surface area contributed by atoms with E-state index in [9.17, 15) is 4.79 Å². The molecule has 94 valence electrons. The zero-order valence-electron chi connectivity index (χ0n) is 10.4. The highest BCUT2D eigenvalue weighted by molar-refractivity contribution is 5.82. The zero-order chi connectivity index (χ0) is 12.0. The molecule has 0 bridgehead atoms. The summed E-state index contributed by atoms with van der Waals surface area (Å²) in [4.78, 5) is 13.7. The van der Waals surface area contributed by atoms with Gasteiger partial charge in [-0.3, -0.25) is 4.79 Å². The van der Waals surface area contributed by atoms with Crippen LogP contribution in [0.25, 0.3) is 0 Å². The topological polar surface area (TPSA) is 50.8 Å². The number of likely N-dealkylation sites (N-methyl/N-ethyl adjacent to an activating group) is 1. The molecule has 0 radical (unpaired) electrons. The van der Waals surface area contributed by atoms with Gasteiger partial charge in [0.2, 0.25) is 5.91 Å². The van der Waals surface area contributed by atoms with Gasteiger partial charge in [-0.15, -0.1) is 0 Å². The highest BCUT2D eigenvalue weighted by Crippen LogP contribution is 2.11. The average Bonchev–Trinajstić information content (AvgIpc) is 2.76. The lowest BCUT2D eigenvalue weighted by Gasteiger charge is -2.20. The highest BCUT2D eigenvalue weighted by atomic mass is 16.5. The zero-order valence-corrected chi connectivity index (χ0v) is 10.4. The van der Waals surface area contributed by atoms with Gasteiger partial charge < -0.3 is 19.7 Å². The van der Waals surface area contributed by atoms with Gasteiger partial charge in [-0.25, -0.2) is 0 Å². The molecular formula is C11H22N2O3. The smallest absolute Gasteiger partial charge is 0.239 e. The van der Waals surface area contributed by atoms with E-state index in [-0.39, 0.29) is 18.1 Å². The van der Waals surface area contributed by atoms with E-state index in [1.807, 2.05) is 7.05 Å². The molecule has 1 N–H and O–H groups in total. The minimum absolute atomic E-state index is 0.0857. The van der Waals surface area contributed by atoms with Gasteiger partial charge in [0.15, 0.2) is 0 Å². The minimum atomic E-state index is -0.0857. The largest absolute Gasteiger partial charge is 0.385 e. The number of rotatable bonds is 6. The molecule has 1 aliphatic rings. The summed E-state index contributed by atoms with van der Waals surface area (Å²) in [5.41, 5.74) is 0. The van der Waals surface area contributed by atoms with Crippen molar-refractivity contribution in [3.63, 3.8) is 0 Å². The van der Waals surface area contributed by atoms with Gasteiger partial charge in [-0.2, -0.15) is 0 Å². The SMILES string of the molecule is COCCCN(C)C(=O)C1CC(OC)CN1. The fourth-order valence-electron chi connectivity index (χ4n) is 1.89. The number of nitrogens with zero attached hydrogens (tertiary/aromatic N) is 1. The molecule has 0 aromatic heterocycles. The van der Waals surface area contributed by atoms with Gasteiger partial charge in [0.05, 0.1) is 12.1 Å². The lowest BCUT2D eigenvalue weighted by molar-refractivity contribution is -0.132. The van der Waals surface area contributed by atoms with Gasteiger partial charge in [-0.05, 0) is 12.8 Å². The van der Waals surface area contributed by atoms with Gasteiger partial charge in [0, 0.05) is 41.0 Å². The van der Waals surface area contributed by atoms with Crippen LogP contribution < -0.4 is 5.32 Å². The third-order valence-corrected chi connectivity index (χ3v) is 2.94. The van der Waals surface area contributed by atoms with Crippen LogP contribution >= 0.6 is 0 Å². The van der Waals surface area contributed by atoms with Crippen molar-refractivity contribution < 1.29 is 14.3 Å². The van der Waals surface area contributed by atoms with Gasteiger partial charge in [-0.1, -0.05) is 0 Å². The molecule has 1 heterocycles. The molecule has 1 saturated heterocycles. The second-order valence-electron chi connectivity index (χ2n) is 4.16. The number of amides is 1. The predicted molar refractivity (Wildman–Crippen MR) is 61.3 cm³/mol. The van der Waals surface area contributed by atoms with Crippen LogP contribution in [0.1, 0.15) is 12.8 Å². The van der Waals surface area contributed by atoms with Crippen molar-refractivity contribution in [1.82, 2.24) is 10.2 Å². The molecule has 0 aliphatic carbocycles. The molecule has 5 heteroatoms. The Balaban J connectivity index is 2.28. The molecule has 5 nitrogen and oxygen atoms in total. The Hall–Kier alpha value is -0.650. The molecule has 0 spiro atoms. The first kappa shape index (κ1) is 13.4. The first-order valence-corrected chi connectivity index (χ1v) is 5.69. The maximum atomic E-state index is 12.0. The quantitative estimate of drug-likeness (QED) is 0.645. The molecule has 1 aliphatic heterocycles. The van der Waals surface area contributed by atoms with Crippen LogP contribution in [0.2, 0.25) is 0 Å². The Morgan fingerprint density at radius 1 is 1.50 bits per heavy atom. The van der Waals surface area contributed by atoms with Crippen LogP contribution in [0.4, 0.5) is 0 Å². The summed E-state index contributed by atoms with van der Waals surface area (Å²) in [5, 5.41) is 3.18. The van der Waals surface area contributed by atoms with Gasteiger partial charge >= 0.3 is 0 Å². The van der Waals surface area contributed by atoms with Crippen molar-refractivity contribution in [2.24, 2.45) is 0 Å². The van der Waals surface area contributed by atoms with Crippen LogP contribution in [-0.2, 0) is 14.3 Å². The molecule has 16 heavy (non-hydrogen) atoms. The first-order valence-electron chi connectivity index (χ1n) is 5.69.